The molecule has 0 bridgehead atoms. The van der Waals surface area contributed by atoms with Crippen molar-refractivity contribution in [1.29, 1.82) is 0 Å². The number of rotatable bonds is 2. The second-order valence-corrected chi connectivity index (χ2v) is 4.95. The Balaban J connectivity index is 1.96. The SMILES string of the molecule is COc1ccc2c(c1)C/C(=C\c1ccc(O)c(O)c1)C2=O. The Kier molecular flexibility index (Phi) is 3.14. The molecule has 4 nitrogen and oxygen atoms in total. The number of hydrogen-bond donors (Lipinski definition) is 2. The fourth-order valence-corrected chi connectivity index (χ4v) is 2.47. The standard InChI is InChI=1S/C17H14O4/c1-21-13-3-4-14-11(9-13)8-12(17(14)20)6-10-2-5-15(18)16(19)7-10/h2-7,9,18-19H,8H2,1H3/b12-6+. The summed E-state index contributed by atoms with van der Waals surface area (Å²) in [4.78, 5) is 12.3. The Bertz CT molecular complexity index is 759. The molecule has 21 heavy (non-hydrogen) atoms. The van der Waals surface area contributed by atoms with E-state index < -0.39 is 0 Å². The Morgan fingerprint density at radius 1 is 1.10 bits per heavy atom. The number of phenolic OH excluding ortho intramolecular Hbond substituents is 2. The predicted molar refractivity (Wildman–Crippen MR) is 78.8 cm³/mol. The van der Waals surface area contributed by atoms with Crippen molar-refractivity contribution in [2.24, 2.45) is 0 Å². The van der Waals surface area contributed by atoms with E-state index in [4.69, 9.17) is 4.74 Å². The second kappa shape index (κ2) is 4.98. The van der Waals surface area contributed by atoms with Crippen LogP contribution in [0, 0.1) is 0 Å². The highest BCUT2D eigenvalue weighted by atomic mass is 16.5. The first-order valence-electron chi connectivity index (χ1n) is 6.52. The number of aromatic hydroxyl groups is 2. The van der Waals surface area contributed by atoms with Gasteiger partial charge in [-0.1, -0.05) is 6.07 Å². The molecule has 1 aliphatic carbocycles. The summed E-state index contributed by atoms with van der Waals surface area (Å²) in [5.74, 6) is 0.335. The van der Waals surface area contributed by atoms with E-state index in [0.29, 0.717) is 23.1 Å². The number of carbonyl (C=O) groups is 1. The second-order valence-electron chi connectivity index (χ2n) is 4.95. The van der Waals surface area contributed by atoms with Crippen LogP contribution in [0.2, 0.25) is 0 Å². The third-order valence-corrected chi connectivity index (χ3v) is 3.57. The smallest absolute Gasteiger partial charge is 0.189 e. The molecule has 0 radical (unpaired) electrons. The summed E-state index contributed by atoms with van der Waals surface area (Å²) in [5, 5.41) is 18.8. The summed E-state index contributed by atoms with van der Waals surface area (Å²) in [6.45, 7) is 0. The lowest BCUT2D eigenvalue weighted by Crippen LogP contribution is -1.95. The molecule has 3 rings (SSSR count). The van der Waals surface area contributed by atoms with Crippen molar-refractivity contribution in [2.75, 3.05) is 7.11 Å². The number of methoxy groups -OCH3 is 1. The van der Waals surface area contributed by atoms with Crippen molar-refractivity contribution < 1.29 is 19.7 Å². The number of ketones is 1. The monoisotopic (exact) mass is 282 g/mol. The van der Waals surface area contributed by atoms with E-state index in [0.717, 1.165) is 11.3 Å². The number of fused-ring (bicyclic) bond motifs is 1. The van der Waals surface area contributed by atoms with Crippen molar-refractivity contribution >= 4 is 11.9 Å². The van der Waals surface area contributed by atoms with Crippen LogP contribution in [0.25, 0.3) is 6.08 Å². The number of carbonyl (C=O) groups excluding carboxylic acids is 1. The predicted octanol–water partition coefficient (Wildman–Crippen LogP) is 2.93. The highest BCUT2D eigenvalue weighted by Gasteiger charge is 2.25. The maximum absolute atomic E-state index is 12.3. The number of allylic oxidation sites excluding steroid dienone is 1. The van der Waals surface area contributed by atoms with Gasteiger partial charge in [0.1, 0.15) is 5.75 Å². The van der Waals surface area contributed by atoms with Gasteiger partial charge in [0.15, 0.2) is 17.3 Å². The number of phenols is 2. The van der Waals surface area contributed by atoms with E-state index >= 15 is 0 Å². The summed E-state index contributed by atoms with van der Waals surface area (Å²) < 4.78 is 5.17. The highest BCUT2D eigenvalue weighted by molar-refractivity contribution is 6.15. The van der Waals surface area contributed by atoms with Crippen LogP contribution in [-0.4, -0.2) is 23.1 Å². The van der Waals surface area contributed by atoms with Crippen LogP contribution in [0.3, 0.4) is 0 Å². The Labute approximate surface area is 121 Å². The fourth-order valence-electron chi connectivity index (χ4n) is 2.47. The molecule has 0 unspecified atom stereocenters. The van der Waals surface area contributed by atoms with Gasteiger partial charge >= 0.3 is 0 Å². The molecule has 0 spiro atoms. The minimum atomic E-state index is -0.200. The van der Waals surface area contributed by atoms with Gasteiger partial charge in [0.25, 0.3) is 0 Å². The topological polar surface area (TPSA) is 66.8 Å². The maximum Gasteiger partial charge on any atom is 0.189 e. The summed E-state index contributed by atoms with van der Waals surface area (Å²) in [7, 11) is 1.59. The molecule has 0 heterocycles. The first-order chi connectivity index (χ1) is 10.1. The summed E-state index contributed by atoms with van der Waals surface area (Å²) in [6, 6.07) is 9.88. The molecule has 106 valence electrons. The quantitative estimate of drug-likeness (QED) is 0.656. The van der Waals surface area contributed by atoms with Crippen LogP contribution in [0.4, 0.5) is 0 Å². The van der Waals surface area contributed by atoms with E-state index in [2.05, 4.69) is 0 Å². The Morgan fingerprint density at radius 2 is 1.90 bits per heavy atom. The molecular formula is C17H14O4. The molecule has 0 saturated carbocycles. The number of hydrogen-bond acceptors (Lipinski definition) is 4. The van der Waals surface area contributed by atoms with Gasteiger partial charge in [-0.3, -0.25) is 4.79 Å². The molecule has 0 fully saturated rings. The zero-order valence-corrected chi connectivity index (χ0v) is 11.5. The summed E-state index contributed by atoms with van der Waals surface area (Å²) in [5.41, 5.74) is 2.95. The summed E-state index contributed by atoms with van der Waals surface area (Å²) >= 11 is 0. The minimum Gasteiger partial charge on any atom is -0.504 e. The third kappa shape index (κ3) is 2.36. The zero-order valence-electron chi connectivity index (χ0n) is 11.5. The van der Waals surface area contributed by atoms with Crippen LogP contribution in [0.5, 0.6) is 17.2 Å². The van der Waals surface area contributed by atoms with Crippen LogP contribution in [0.15, 0.2) is 42.0 Å². The molecule has 0 saturated heterocycles. The first-order valence-corrected chi connectivity index (χ1v) is 6.52. The van der Waals surface area contributed by atoms with Gasteiger partial charge in [0.05, 0.1) is 7.11 Å². The van der Waals surface area contributed by atoms with E-state index in [9.17, 15) is 15.0 Å². The maximum atomic E-state index is 12.3. The van der Waals surface area contributed by atoms with Gasteiger partial charge in [-0.15, -0.1) is 0 Å². The first kappa shape index (κ1) is 13.2. The molecule has 1 aliphatic rings. The Morgan fingerprint density at radius 3 is 2.62 bits per heavy atom. The molecular weight excluding hydrogens is 268 g/mol. The van der Waals surface area contributed by atoms with Crippen molar-refractivity contribution in [2.45, 2.75) is 6.42 Å². The Hall–Kier alpha value is -2.75. The minimum absolute atomic E-state index is 0.0137. The van der Waals surface area contributed by atoms with E-state index in [1.807, 2.05) is 6.07 Å². The molecule has 2 aromatic rings. The molecule has 0 aromatic heterocycles. The lowest BCUT2D eigenvalue weighted by Gasteiger charge is -2.01. The van der Waals surface area contributed by atoms with Gasteiger partial charge in [-0.05, 0) is 47.5 Å². The van der Waals surface area contributed by atoms with Gasteiger partial charge in [-0.25, -0.2) is 0 Å². The normalized spacial score (nSPS) is 15.3. The van der Waals surface area contributed by atoms with Gasteiger partial charge < -0.3 is 14.9 Å². The van der Waals surface area contributed by atoms with E-state index in [1.165, 1.54) is 12.1 Å². The largest absolute Gasteiger partial charge is 0.504 e. The van der Waals surface area contributed by atoms with Crippen LogP contribution < -0.4 is 4.74 Å². The van der Waals surface area contributed by atoms with Crippen LogP contribution >= 0.6 is 0 Å². The highest BCUT2D eigenvalue weighted by Crippen LogP contribution is 2.32. The van der Waals surface area contributed by atoms with Crippen molar-refractivity contribution in [1.82, 2.24) is 0 Å². The van der Waals surface area contributed by atoms with Crippen LogP contribution in [-0.2, 0) is 6.42 Å². The fraction of sp³-hybridized carbons (Fsp3) is 0.118. The lowest BCUT2D eigenvalue weighted by molar-refractivity contribution is 0.104. The third-order valence-electron chi connectivity index (χ3n) is 3.57. The summed E-state index contributed by atoms with van der Waals surface area (Å²) in [6.07, 6.45) is 2.26. The van der Waals surface area contributed by atoms with Gasteiger partial charge in [0, 0.05) is 17.6 Å². The van der Waals surface area contributed by atoms with Gasteiger partial charge in [0.2, 0.25) is 0 Å². The lowest BCUT2D eigenvalue weighted by atomic mass is 10.1. The molecule has 4 heteroatoms. The van der Waals surface area contributed by atoms with Crippen LogP contribution in [0.1, 0.15) is 21.5 Å². The molecule has 2 aromatic carbocycles. The van der Waals surface area contributed by atoms with Gasteiger partial charge in [-0.2, -0.15) is 0 Å². The van der Waals surface area contributed by atoms with Crippen molar-refractivity contribution in [3.63, 3.8) is 0 Å². The number of Topliss-reactive ketones (excluding diaryl/α,β-unsaturated/α-hetero) is 1. The average molecular weight is 282 g/mol. The number of benzene rings is 2. The molecule has 0 amide bonds. The molecule has 2 N–H and O–H groups in total. The van der Waals surface area contributed by atoms with E-state index in [1.54, 1.807) is 31.4 Å². The van der Waals surface area contributed by atoms with Crippen molar-refractivity contribution in [3.8, 4) is 17.2 Å². The molecule has 0 aliphatic heterocycles. The average Bonchev–Trinajstić information content (AvgIpc) is 2.79. The zero-order chi connectivity index (χ0) is 15.0. The molecule has 0 atom stereocenters. The van der Waals surface area contributed by atoms with Crippen molar-refractivity contribution in [3.05, 3.63) is 58.7 Å². The number of ether oxygens (including phenoxy) is 1. The van der Waals surface area contributed by atoms with E-state index in [-0.39, 0.29) is 17.3 Å².